The van der Waals surface area contributed by atoms with Crippen LogP contribution in [0.5, 0.6) is 0 Å². The Morgan fingerprint density at radius 3 is 2.48 bits per heavy atom. The van der Waals surface area contributed by atoms with Crippen LogP contribution in [0.2, 0.25) is 0 Å². The highest BCUT2D eigenvalue weighted by Crippen LogP contribution is 2.15. The standard InChI is InChI=1S/C16H20N4O/c1-10-4-6-13(7-5-10)12(3)19-16(21)14-8-11(2)18-15(9-14)20-17/h4-9,12H,17H2,1-3H3,(H,18,20)(H,19,21). The van der Waals surface area contributed by atoms with Crippen molar-refractivity contribution in [1.29, 1.82) is 0 Å². The topological polar surface area (TPSA) is 80.0 Å². The molecule has 0 fully saturated rings. The van der Waals surface area contributed by atoms with E-state index in [4.69, 9.17) is 5.84 Å². The number of rotatable bonds is 4. The van der Waals surface area contributed by atoms with Crippen molar-refractivity contribution in [2.45, 2.75) is 26.8 Å². The molecule has 1 heterocycles. The average Bonchev–Trinajstić information content (AvgIpc) is 2.47. The second kappa shape index (κ2) is 6.37. The number of anilines is 1. The zero-order valence-electron chi connectivity index (χ0n) is 12.5. The van der Waals surface area contributed by atoms with Gasteiger partial charge in [0.15, 0.2) is 0 Å². The van der Waals surface area contributed by atoms with Gasteiger partial charge in [0.05, 0.1) is 6.04 Å². The van der Waals surface area contributed by atoms with E-state index in [1.807, 2.05) is 45.0 Å². The number of aryl methyl sites for hydroxylation is 2. The number of nitrogens with two attached hydrogens (primary N) is 1. The minimum atomic E-state index is -0.148. The summed E-state index contributed by atoms with van der Waals surface area (Å²) in [5.74, 6) is 5.68. The number of hydrogen-bond acceptors (Lipinski definition) is 4. The van der Waals surface area contributed by atoms with Gasteiger partial charge in [-0.15, -0.1) is 0 Å². The highest BCUT2D eigenvalue weighted by atomic mass is 16.1. The van der Waals surface area contributed by atoms with E-state index in [9.17, 15) is 4.79 Å². The van der Waals surface area contributed by atoms with E-state index < -0.39 is 0 Å². The second-order valence-electron chi connectivity index (χ2n) is 5.13. The quantitative estimate of drug-likeness (QED) is 0.595. The monoisotopic (exact) mass is 284 g/mol. The van der Waals surface area contributed by atoms with Gasteiger partial charge in [0.25, 0.3) is 5.91 Å². The fourth-order valence-electron chi connectivity index (χ4n) is 2.09. The summed E-state index contributed by atoms with van der Waals surface area (Å²) in [6, 6.07) is 11.4. The van der Waals surface area contributed by atoms with E-state index in [1.54, 1.807) is 12.1 Å². The van der Waals surface area contributed by atoms with Crippen molar-refractivity contribution >= 4 is 11.7 Å². The van der Waals surface area contributed by atoms with Crippen molar-refractivity contribution in [1.82, 2.24) is 10.3 Å². The zero-order chi connectivity index (χ0) is 15.4. The molecule has 0 aliphatic heterocycles. The van der Waals surface area contributed by atoms with Crippen LogP contribution in [0.3, 0.4) is 0 Å². The Hall–Kier alpha value is -2.40. The number of pyridine rings is 1. The number of benzene rings is 1. The minimum absolute atomic E-state index is 0.0687. The van der Waals surface area contributed by atoms with Gasteiger partial charge in [0.1, 0.15) is 5.82 Å². The Labute approximate surface area is 124 Å². The predicted octanol–water partition coefficient (Wildman–Crippen LogP) is 2.48. The van der Waals surface area contributed by atoms with Gasteiger partial charge in [0.2, 0.25) is 0 Å². The summed E-state index contributed by atoms with van der Waals surface area (Å²) in [6.45, 7) is 5.81. The maximum Gasteiger partial charge on any atom is 0.251 e. The molecule has 1 amide bonds. The summed E-state index contributed by atoms with van der Waals surface area (Å²) in [6.07, 6.45) is 0. The number of nitrogens with one attached hydrogen (secondary N) is 2. The number of amides is 1. The molecule has 4 N–H and O–H groups in total. The van der Waals surface area contributed by atoms with Gasteiger partial charge in [0, 0.05) is 11.3 Å². The van der Waals surface area contributed by atoms with Crippen LogP contribution in [-0.2, 0) is 0 Å². The molecule has 1 unspecified atom stereocenters. The zero-order valence-corrected chi connectivity index (χ0v) is 12.5. The van der Waals surface area contributed by atoms with Gasteiger partial charge < -0.3 is 10.7 Å². The molecule has 0 bridgehead atoms. The first-order valence-corrected chi connectivity index (χ1v) is 6.82. The molecular weight excluding hydrogens is 264 g/mol. The highest BCUT2D eigenvalue weighted by Gasteiger charge is 2.12. The van der Waals surface area contributed by atoms with Crippen LogP contribution in [0.25, 0.3) is 0 Å². The van der Waals surface area contributed by atoms with Gasteiger partial charge in [-0.05, 0) is 38.5 Å². The third kappa shape index (κ3) is 3.79. The van der Waals surface area contributed by atoms with Crippen LogP contribution in [-0.4, -0.2) is 10.9 Å². The average molecular weight is 284 g/mol. The Kier molecular flexibility index (Phi) is 4.55. The van der Waals surface area contributed by atoms with Gasteiger partial charge in [-0.3, -0.25) is 4.79 Å². The van der Waals surface area contributed by atoms with Crippen LogP contribution in [0.15, 0.2) is 36.4 Å². The molecule has 2 aromatic rings. The third-order valence-corrected chi connectivity index (χ3v) is 3.29. The smallest absolute Gasteiger partial charge is 0.251 e. The first kappa shape index (κ1) is 15.0. The summed E-state index contributed by atoms with van der Waals surface area (Å²) in [7, 11) is 0. The van der Waals surface area contributed by atoms with E-state index >= 15 is 0 Å². The number of hydrazine groups is 1. The van der Waals surface area contributed by atoms with Crippen molar-refractivity contribution < 1.29 is 4.79 Å². The van der Waals surface area contributed by atoms with E-state index in [2.05, 4.69) is 15.7 Å². The van der Waals surface area contributed by atoms with E-state index in [-0.39, 0.29) is 11.9 Å². The van der Waals surface area contributed by atoms with Gasteiger partial charge in [-0.2, -0.15) is 0 Å². The second-order valence-corrected chi connectivity index (χ2v) is 5.13. The molecule has 1 aromatic carbocycles. The lowest BCUT2D eigenvalue weighted by Gasteiger charge is -2.15. The Morgan fingerprint density at radius 1 is 1.19 bits per heavy atom. The third-order valence-electron chi connectivity index (χ3n) is 3.29. The number of aromatic nitrogens is 1. The lowest BCUT2D eigenvalue weighted by molar-refractivity contribution is 0.0939. The van der Waals surface area contributed by atoms with E-state index in [0.29, 0.717) is 11.4 Å². The summed E-state index contributed by atoms with van der Waals surface area (Å²) in [5.41, 5.74) is 6.00. The molecule has 21 heavy (non-hydrogen) atoms. The lowest BCUT2D eigenvalue weighted by Crippen LogP contribution is -2.27. The SMILES string of the molecule is Cc1ccc(C(C)NC(=O)c2cc(C)nc(NN)c2)cc1. The van der Waals surface area contributed by atoms with Crippen LogP contribution >= 0.6 is 0 Å². The molecule has 0 saturated heterocycles. The summed E-state index contributed by atoms with van der Waals surface area (Å²) in [5, 5.41) is 2.98. The first-order chi connectivity index (χ1) is 9.99. The number of carbonyl (C=O) groups is 1. The van der Waals surface area contributed by atoms with E-state index in [0.717, 1.165) is 11.3 Å². The largest absolute Gasteiger partial charge is 0.346 e. The Bertz CT molecular complexity index is 637. The number of nitrogens with zero attached hydrogens (tertiary/aromatic N) is 1. The highest BCUT2D eigenvalue weighted by molar-refractivity contribution is 5.95. The molecule has 0 aliphatic rings. The lowest BCUT2D eigenvalue weighted by atomic mass is 10.1. The molecular formula is C16H20N4O. The van der Waals surface area contributed by atoms with Crippen molar-refractivity contribution in [2.75, 3.05) is 5.43 Å². The molecule has 2 rings (SSSR count). The molecule has 5 heteroatoms. The Morgan fingerprint density at radius 2 is 1.86 bits per heavy atom. The van der Waals surface area contributed by atoms with Crippen molar-refractivity contribution in [3.8, 4) is 0 Å². The number of carbonyl (C=O) groups excluding carboxylic acids is 1. The van der Waals surface area contributed by atoms with Crippen molar-refractivity contribution in [3.63, 3.8) is 0 Å². The molecule has 0 aliphatic carbocycles. The first-order valence-electron chi connectivity index (χ1n) is 6.82. The fourth-order valence-corrected chi connectivity index (χ4v) is 2.09. The fraction of sp³-hybridized carbons (Fsp3) is 0.250. The molecule has 5 nitrogen and oxygen atoms in total. The number of nitrogen functional groups attached to an aromatic ring is 1. The van der Waals surface area contributed by atoms with Gasteiger partial charge >= 0.3 is 0 Å². The molecule has 0 saturated carbocycles. The predicted molar refractivity (Wildman–Crippen MR) is 83.8 cm³/mol. The van der Waals surface area contributed by atoms with Crippen molar-refractivity contribution in [2.24, 2.45) is 5.84 Å². The Balaban J connectivity index is 2.13. The summed E-state index contributed by atoms with van der Waals surface area (Å²) >= 11 is 0. The molecule has 0 spiro atoms. The van der Waals surface area contributed by atoms with Gasteiger partial charge in [-0.1, -0.05) is 29.8 Å². The molecule has 1 aromatic heterocycles. The maximum atomic E-state index is 12.3. The molecule has 1 atom stereocenters. The van der Waals surface area contributed by atoms with E-state index in [1.165, 1.54) is 5.56 Å². The molecule has 110 valence electrons. The normalized spacial score (nSPS) is 11.8. The van der Waals surface area contributed by atoms with Crippen molar-refractivity contribution in [3.05, 3.63) is 58.8 Å². The minimum Gasteiger partial charge on any atom is -0.346 e. The van der Waals surface area contributed by atoms with Gasteiger partial charge in [-0.25, -0.2) is 10.8 Å². The number of hydrogen-bond donors (Lipinski definition) is 3. The summed E-state index contributed by atoms with van der Waals surface area (Å²) < 4.78 is 0. The van der Waals surface area contributed by atoms with Crippen LogP contribution < -0.4 is 16.6 Å². The maximum absolute atomic E-state index is 12.3. The van der Waals surface area contributed by atoms with Crippen LogP contribution in [0.4, 0.5) is 5.82 Å². The summed E-state index contributed by atoms with van der Waals surface area (Å²) in [4.78, 5) is 16.5. The van der Waals surface area contributed by atoms with Crippen LogP contribution in [0.1, 0.15) is 40.1 Å². The molecule has 0 radical (unpaired) electrons. The van der Waals surface area contributed by atoms with Crippen LogP contribution in [0, 0.1) is 13.8 Å².